The molecule has 6 aliphatic rings. The molecule has 9 N–H and O–H groups in total. The second kappa shape index (κ2) is 38.3. The van der Waals surface area contributed by atoms with Crippen molar-refractivity contribution in [2.24, 2.45) is 22.7 Å². The number of methoxy groups -OCH3 is 2. The van der Waals surface area contributed by atoms with Gasteiger partial charge in [-0.25, -0.2) is 9.97 Å². The molecule has 618 valence electrons. The number of carbonyl (C=O) groups is 9. The molecule has 11 atom stereocenters. The Morgan fingerprint density at radius 1 is 0.544 bits per heavy atom. The lowest BCUT2D eigenvalue weighted by molar-refractivity contribution is -0.145. The molecule has 32 heteroatoms. The largest absolute Gasteiger partial charge is 0.497 e. The fourth-order valence-corrected chi connectivity index (χ4v) is 15.5. The zero-order valence-corrected chi connectivity index (χ0v) is 68.2. The minimum absolute atomic E-state index is 0.00506. The first-order chi connectivity index (χ1) is 54.5. The van der Waals surface area contributed by atoms with Gasteiger partial charge in [-0.1, -0.05) is 130 Å². The standard InChI is InChI=1S/C41H56ClN7O8.C41H54ClN7O8/c2*1-6-10-28(34(50)38(53)44-25-14-15-25)45-36(51)30-20-27(56-32-18-13-24(42)21-43-32)22-49(30)39(54)35(41(2,3)4)48-37(52)33(23-11-8-7-9-12-23)47-40-46-29-19-26(55-5)16-17-31(29)57-40/h13,16-19,21,23,25,27-28,30,33-35,50H,6-12,14-15,20,22H2,1-5H3,(H,44,53)(H,45,51)(H,46,47)(H,48,52);13,16-19,21,23,25,27-28,30,33,35H,6-12,14-15,20,22H2,1-5H3,(H,44,53)(H,45,51)(H,46,47)(H,48,52)/t27-,28+,30+,33+,34?,35-;27-,28+,30+,33+,35-/m11/s1. The molecule has 4 saturated carbocycles. The predicted octanol–water partition coefficient (Wildman–Crippen LogP) is 9.71. The molecule has 30 nitrogen and oxygen atoms in total. The van der Waals surface area contributed by atoms with Crippen LogP contribution in [0.15, 0.2) is 81.9 Å². The molecule has 4 aromatic heterocycles. The average molecular weight is 1620 g/mol. The predicted molar refractivity (Wildman–Crippen MR) is 426 cm³/mol. The molecule has 0 bridgehead atoms. The molecule has 6 aromatic rings. The Hall–Kier alpha value is -9.55. The SMILES string of the molecule is CCC[C@H](NC(=O)[C@@H]1C[C@@H](Oc2ccc(Cl)cn2)CN1C(=O)[C@@H](NC(=O)[C@@H](Nc1nc2cc(OC)ccc2o1)C1CCCCC1)C(C)(C)C)C(=O)C(=O)NC1CC1.CCC[C@H](NC(=O)[C@@H]1C[C@@H](Oc2ccc(Cl)cn2)CN1C(=O)[C@@H](NC(=O)[C@@H](Nc1nc2cc(OC)ccc2o1)C1CCCCC1)C(C)(C)C)C(O)C(=O)NC1CC1. The van der Waals surface area contributed by atoms with E-state index in [1.54, 1.807) is 74.9 Å². The highest BCUT2D eigenvalue weighted by Gasteiger charge is 2.50. The molecule has 8 amide bonds. The van der Waals surface area contributed by atoms with Gasteiger partial charge in [0.15, 0.2) is 17.3 Å². The summed E-state index contributed by atoms with van der Waals surface area (Å²) < 4.78 is 35.0. The number of nitrogens with one attached hydrogen (secondary N) is 8. The van der Waals surface area contributed by atoms with Crippen LogP contribution in [0.5, 0.6) is 23.3 Å². The van der Waals surface area contributed by atoms with Crippen LogP contribution in [-0.4, -0.2) is 194 Å². The van der Waals surface area contributed by atoms with E-state index in [2.05, 4.69) is 62.5 Å². The smallest absolute Gasteiger partial charge is 0.296 e. The van der Waals surface area contributed by atoms with E-state index >= 15 is 0 Å². The van der Waals surface area contributed by atoms with Gasteiger partial charge in [0.2, 0.25) is 53.0 Å². The number of aromatic nitrogens is 4. The number of likely N-dealkylation sites (tertiary alicyclic amines) is 2. The van der Waals surface area contributed by atoms with E-state index in [1.807, 2.05) is 55.4 Å². The molecule has 2 aromatic carbocycles. The Morgan fingerprint density at radius 3 is 1.37 bits per heavy atom. The van der Waals surface area contributed by atoms with Gasteiger partial charge in [0.1, 0.15) is 71.0 Å². The number of ether oxygens (including phenoxy) is 4. The van der Waals surface area contributed by atoms with Gasteiger partial charge < -0.3 is 85.2 Å². The molecule has 0 radical (unpaired) electrons. The maximum absolute atomic E-state index is 14.9. The molecule has 114 heavy (non-hydrogen) atoms. The highest BCUT2D eigenvalue weighted by atomic mass is 35.5. The normalized spacial score (nSPS) is 20.6. The number of amides is 8. The molecule has 12 rings (SSSR count). The molecule has 2 saturated heterocycles. The molecule has 2 aliphatic heterocycles. The van der Waals surface area contributed by atoms with E-state index in [1.165, 1.54) is 22.2 Å². The summed E-state index contributed by atoms with van der Waals surface area (Å²) in [6.07, 6.45) is 14.5. The lowest BCUT2D eigenvalue weighted by Crippen LogP contribution is -2.61. The minimum atomic E-state index is -1.47. The molecular formula is C82H110Cl2N14O16. The number of Topliss-reactive ketones (excluding diaryl/α,β-unsaturated/α-hetero) is 1. The number of aliphatic hydroxyl groups excluding tert-OH is 1. The zero-order chi connectivity index (χ0) is 81.7. The van der Waals surface area contributed by atoms with E-state index in [9.17, 15) is 48.3 Å². The third kappa shape index (κ3) is 22.5. The summed E-state index contributed by atoms with van der Waals surface area (Å²) in [5, 5.41) is 35.7. The number of benzene rings is 2. The number of fused-ring (bicyclic) bond motifs is 2. The van der Waals surface area contributed by atoms with Gasteiger partial charge in [0, 0.05) is 61.6 Å². The van der Waals surface area contributed by atoms with Gasteiger partial charge in [-0.2, -0.15) is 9.97 Å². The molecular weight excluding hydrogens is 1510 g/mol. The monoisotopic (exact) mass is 1620 g/mol. The number of oxazole rings is 2. The van der Waals surface area contributed by atoms with Crippen LogP contribution in [0.1, 0.15) is 184 Å². The Bertz CT molecular complexity index is 4340. The van der Waals surface area contributed by atoms with Crippen LogP contribution in [0.2, 0.25) is 10.0 Å². The van der Waals surface area contributed by atoms with Crippen molar-refractivity contribution in [1.82, 2.24) is 61.6 Å². The maximum Gasteiger partial charge on any atom is 0.296 e. The fraction of sp³-hybridized carbons (Fsp3) is 0.598. The van der Waals surface area contributed by atoms with Crippen molar-refractivity contribution in [3.05, 3.63) is 83.1 Å². The second-order valence-electron chi connectivity index (χ2n) is 33.0. The molecule has 0 spiro atoms. The number of carbonyl (C=O) groups excluding carboxylic acids is 9. The summed E-state index contributed by atoms with van der Waals surface area (Å²) in [5.41, 5.74) is 0.597. The number of halogens is 2. The fourth-order valence-electron chi connectivity index (χ4n) is 15.3. The zero-order valence-electron chi connectivity index (χ0n) is 66.7. The number of pyridine rings is 2. The van der Waals surface area contributed by atoms with Gasteiger partial charge in [-0.15, -0.1) is 0 Å². The Morgan fingerprint density at radius 2 is 0.974 bits per heavy atom. The number of hydrogen-bond donors (Lipinski definition) is 9. The van der Waals surface area contributed by atoms with Crippen molar-refractivity contribution >= 4 is 110 Å². The summed E-state index contributed by atoms with van der Waals surface area (Å²) in [7, 11) is 3.14. The highest BCUT2D eigenvalue weighted by molar-refractivity contribution is 6.38. The van der Waals surface area contributed by atoms with Crippen molar-refractivity contribution < 1.29 is 76.0 Å². The maximum atomic E-state index is 14.9. The first-order valence-electron chi connectivity index (χ1n) is 40.1. The Balaban J connectivity index is 0.000000225. The van der Waals surface area contributed by atoms with Crippen molar-refractivity contribution in [1.29, 1.82) is 0 Å². The average Bonchev–Trinajstić information content (AvgIpc) is 1.57. The van der Waals surface area contributed by atoms with Crippen LogP contribution in [0.25, 0.3) is 22.2 Å². The number of nitrogens with zero attached hydrogens (tertiary/aromatic N) is 6. The topological polar surface area (TPSA) is 391 Å². The number of rotatable bonds is 32. The molecule has 6 fully saturated rings. The van der Waals surface area contributed by atoms with Gasteiger partial charge in [-0.3, -0.25) is 43.2 Å². The van der Waals surface area contributed by atoms with Gasteiger partial charge >= 0.3 is 0 Å². The van der Waals surface area contributed by atoms with Crippen LogP contribution in [0, 0.1) is 22.7 Å². The van der Waals surface area contributed by atoms with Crippen LogP contribution in [-0.2, 0) is 43.2 Å². The summed E-state index contributed by atoms with van der Waals surface area (Å²) in [4.78, 5) is 146. The van der Waals surface area contributed by atoms with Gasteiger partial charge in [-0.05, 0) is 123 Å². The Kier molecular flexibility index (Phi) is 28.6. The van der Waals surface area contributed by atoms with Crippen molar-refractivity contribution in [3.8, 4) is 23.3 Å². The highest BCUT2D eigenvalue weighted by Crippen LogP contribution is 2.37. The molecule has 4 aliphatic carbocycles. The first-order valence-corrected chi connectivity index (χ1v) is 40.9. The summed E-state index contributed by atoms with van der Waals surface area (Å²) >= 11 is 12.1. The summed E-state index contributed by atoms with van der Waals surface area (Å²) in [6, 6.07) is 9.62. The number of anilines is 2. The van der Waals surface area contributed by atoms with Crippen LogP contribution < -0.4 is 61.5 Å². The first kappa shape index (κ1) is 85.3. The van der Waals surface area contributed by atoms with Crippen molar-refractivity contribution in [2.75, 3.05) is 37.9 Å². The van der Waals surface area contributed by atoms with E-state index in [0.717, 1.165) is 89.9 Å². The second-order valence-corrected chi connectivity index (χ2v) is 33.9. The van der Waals surface area contributed by atoms with Gasteiger partial charge in [0.05, 0.1) is 49.4 Å². The van der Waals surface area contributed by atoms with Crippen LogP contribution in [0.4, 0.5) is 12.0 Å². The lowest BCUT2D eigenvalue weighted by atomic mass is 9.82. The third-order valence-corrected chi connectivity index (χ3v) is 22.3. The lowest BCUT2D eigenvalue weighted by Gasteiger charge is -2.37. The Labute approximate surface area is 674 Å². The van der Waals surface area contributed by atoms with Crippen LogP contribution in [0.3, 0.4) is 0 Å². The quantitative estimate of drug-likeness (QED) is 0.0177. The van der Waals surface area contributed by atoms with Crippen molar-refractivity contribution in [3.63, 3.8) is 0 Å². The van der Waals surface area contributed by atoms with E-state index in [-0.39, 0.29) is 86.0 Å². The molecule has 6 heterocycles. The summed E-state index contributed by atoms with van der Waals surface area (Å²) in [6.45, 7) is 14.9. The summed E-state index contributed by atoms with van der Waals surface area (Å²) in [5.74, 6) is -3.23. The van der Waals surface area contributed by atoms with Gasteiger partial charge in [0.25, 0.3) is 23.8 Å². The molecule has 1 unspecified atom stereocenters. The van der Waals surface area contributed by atoms with E-state index in [4.69, 9.17) is 51.0 Å². The van der Waals surface area contributed by atoms with Crippen LogP contribution >= 0.6 is 23.2 Å². The van der Waals surface area contributed by atoms with E-state index in [0.29, 0.717) is 63.0 Å². The third-order valence-electron chi connectivity index (χ3n) is 21.9. The number of aliphatic hydroxyl groups is 1. The van der Waals surface area contributed by atoms with E-state index < -0.39 is 125 Å². The number of ketones is 1. The minimum Gasteiger partial charge on any atom is -0.497 e. The van der Waals surface area contributed by atoms with Crippen molar-refractivity contribution in [2.45, 2.75) is 263 Å². The number of hydrogen-bond acceptors (Lipinski definition) is 22.